The van der Waals surface area contributed by atoms with Crippen molar-refractivity contribution in [3.05, 3.63) is 49.6 Å². The highest BCUT2D eigenvalue weighted by Gasteiger charge is 2.17. The van der Waals surface area contributed by atoms with Gasteiger partial charge in [0.15, 0.2) is 0 Å². The van der Waals surface area contributed by atoms with Crippen LogP contribution in [0.5, 0.6) is 5.75 Å². The molecule has 0 spiro atoms. The van der Waals surface area contributed by atoms with Crippen molar-refractivity contribution in [1.82, 2.24) is 5.32 Å². The third kappa shape index (κ3) is 3.08. The highest BCUT2D eigenvalue weighted by Crippen LogP contribution is 2.33. The summed E-state index contributed by atoms with van der Waals surface area (Å²) in [5.74, 6) is 1.08. The highest BCUT2D eigenvalue weighted by atomic mass is 79.9. The number of hydrogen-bond acceptors (Lipinski definition) is 3. The van der Waals surface area contributed by atoms with E-state index in [1.807, 2.05) is 11.3 Å². The Morgan fingerprint density at radius 2 is 2.10 bits per heavy atom. The summed E-state index contributed by atoms with van der Waals surface area (Å²) in [6.07, 6.45) is 2.14. The average molecular weight is 352 g/mol. The third-order valence-electron chi connectivity index (χ3n) is 3.51. The minimum atomic E-state index is 0.809. The van der Waals surface area contributed by atoms with Crippen molar-refractivity contribution in [2.75, 3.05) is 6.61 Å². The second-order valence-electron chi connectivity index (χ2n) is 4.98. The molecule has 0 radical (unpaired) electrons. The van der Waals surface area contributed by atoms with Crippen molar-refractivity contribution >= 4 is 27.3 Å². The Labute approximate surface area is 132 Å². The maximum atomic E-state index is 5.75. The number of benzene rings is 1. The largest absolute Gasteiger partial charge is 0.493 e. The highest BCUT2D eigenvalue weighted by molar-refractivity contribution is 9.10. The summed E-state index contributed by atoms with van der Waals surface area (Å²) in [4.78, 5) is 2.85. The number of aryl methyl sites for hydroxylation is 1. The SMILES string of the molecule is CCc1ccc(CNCc2cc(Br)cc3c2OCC3)s1. The van der Waals surface area contributed by atoms with Crippen LogP contribution in [0, 0.1) is 0 Å². The lowest BCUT2D eigenvalue weighted by Crippen LogP contribution is -2.12. The standard InChI is InChI=1S/C16H18BrNOS/c1-2-14-3-4-15(20-14)10-18-9-12-8-13(17)7-11-5-6-19-16(11)12/h3-4,7-8,18H,2,5-6,9-10H2,1H3. The van der Waals surface area contributed by atoms with E-state index in [-0.39, 0.29) is 0 Å². The molecule has 106 valence electrons. The van der Waals surface area contributed by atoms with Crippen LogP contribution < -0.4 is 10.1 Å². The van der Waals surface area contributed by atoms with Gasteiger partial charge in [0, 0.05) is 39.3 Å². The van der Waals surface area contributed by atoms with Crippen LogP contribution in [-0.2, 0) is 25.9 Å². The van der Waals surface area contributed by atoms with E-state index in [2.05, 4.69) is 52.4 Å². The van der Waals surface area contributed by atoms with E-state index in [1.54, 1.807) is 0 Å². The number of nitrogens with one attached hydrogen (secondary N) is 1. The quantitative estimate of drug-likeness (QED) is 0.866. The van der Waals surface area contributed by atoms with Crippen LogP contribution in [0.2, 0.25) is 0 Å². The summed E-state index contributed by atoms with van der Waals surface area (Å²) in [6.45, 7) is 4.78. The van der Waals surface area contributed by atoms with Crippen LogP contribution in [-0.4, -0.2) is 6.61 Å². The average Bonchev–Trinajstić information content (AvgIpc) is 3.06. The zero-order chi connectivity index (χ0) is 13.9. The normalized spacial score (nSPS) is 13.3. The van der Waals surface area contributed by atoms with E-state index in [4.69, 9.17) is 4.74 Å². The zero-order valence-electron chi connectivity index (χ0n) is 11.5. The van der Waals surface area contributed by atoms with Crippen LogP contribution in [0.3, 0.4) is 0 Å². The van der Waals surface area contributed by atoms with Gasteiger partial charge in [-0.05, 0) is 36.2 Å². The van der Waals surface area contributed by atoms with Crippen molar-refractivity contribution in [2.45, 2.75) is 32.9 Å². The van der Waals surface area contributed by atoms with Gasteiger partial charge in [-0.3, -0.25) is 0 Å². The van der Waals surface area contributed by atoms with Crippen LogP contribution in [0.25, 0.3) is 0 Å². The molecule has 2 heterocycles. The third-order valence-corrected chi connectivity index (χ3v) is 5.19. The van der Waals surface area contributed by atoms with Gasteiger partial charge in [-0.1, -0.05) is 22.9 Å². The van der Waals surface area contributed by atoms with Gasteiger partial charge in [0.2, 0.25) is 0 Å². The maximum absolute atomic E-state index is 5.75. The number of fused-ring (bicyclic) bond motifs is 1. The van der Waals surface area contributed by atoms with Gasteiger partial charge in [0.1, 0.15) is 5.75 Å². The number of halogens is 1. The minimum absolute atomic E-state index is 0.809. The summed E-state index contributed by atoms with van der Waals surface area (Å²) in [7, 11) is 0. The summed E-state index contributed by atoms with van der Waals surface area (Å²) in [6, 6.07) is 8.77. The molecule has 1 aliphatic rings. The minimum Gasteiger partial charge on any atom is -0.493 e. The van der Waals surface area contributed by atoms with Gasteiger partial charge < -0.3 is 10.1 Å². The first kappa shape index (κ1) is 14.1. The van der Waals surface area contributed by atoms with E-state index < -0.39 is 0 Å². The number of rotatable bonds is 5. The van der Waals surface area contributed by atoms with Gasteiger partial charge in [-0.2, -0.15) is 0 Å². The van der Waals surface area contributed by atoms with Crippen molar-refractivity contribution < 1.29 is 4.74 Å². The van der Waals surface area contributed by atoms with Gasteiger partial charge in [0.25, 0.3) is 0 Å². The Balaban J connectivity index is 1.64. The van der Waals surface area contributed by atoms with Crippen LogP contribution in [0.4, 0.5) is 0 Å². The Bertz CT molecular complexity index is 609. The van der Waals surface area contributed by atoms with E-state index in [9.17, 15) is 0 Å². The molecule has 0 atom stereocenters. The van der Waals surface area contributed by atoms with E-state index in [0.29, 0.717) is 0 Å². The Kier molecular flexibility index (Phi) is 4.44. The fourth-order valence-electron chi connectivity index (χ4n) is 2.51. The van der Waals surface area contributed by atoms with E-state index >= 15 is 0 Å². The molecule has 0 saturated carbocycles. The molecule has 0 bridgehead atoms. The molecule has 0 unspecified atom stereocenters. The molecule has 0 aliphatic carbocycles. The smallest absolute Gasteiger partial charge is 0.127 e. The topological polar surface area (TPSA) is 21.3 Å². The number of ether oxygens (including phenoxy) is 1. The second-order valence-corrected chi connectivity index (χ2v) is 7.15. The molecule has 2 nitrogen and oxygen atoms in total. The fourth-order valence-corrected chi connectivity index (χ4v) is 3.99. The van der Waals surface area contributed by atoms with Gasteiger partial charge in [-0.25, -0.2) is 0 Å². The molecule has 1 N–H and O–H groups in total. The molecule has 1 aromatic heterocycles. The first-order valence-electron chi connectivity index (χ1n) is 6.98. The second kappa shape index (κ2) is 6.29. The molecule has 3 rings (SSSR count). The molecule has 0 fully saturated rings. The van der Waals surface area contributed by atoms with Crippen LogP contribution in [0.15, 0.2) is 28.7 Å². The number of thiophene rings is 1. The molecule has 2 aromatic rings. The molecule has 1 aromatic carbocycles. The number of hydrogen-bond donors (Lipinski definition) is 1. The first-order valence-corrected chi connectivity index (χ1v) is 8.59. The van der Waals surface area contributed by atoms with Crippen molar-refractivity contribution in [3.63, 3.8) is 0 Å². The monoisotopic (exact) mass is 351 g/mol. The predicted molar refractivity (Wildman–Crippen MR) is 87.6 cm³/mol. The van der Waals surface area contributed by atoms with E-state index in [1.165, 1.54) is 20.9 Å². The molecule has 0 amide bonds. The first-order chi connectivity index (χ1) is 9.76. The Morgan fingerprint density at radius 1 is 1.25 bits per heavy atom. The Hall–Kier alpha value is -0.840. The molecule has 20 heavy (non-hydrogen) atoms. The summed E-state index contributed by atoms with van der Waals surface area (Å²) < 4.78 is 6.89. The summed E-state index contributed by atoms with van der Waals surface area (Å²) in [5.41, 5.74) is 2.57. The maximum Gasteiger partial charge on any atom is 0.127 e. The van der Waals surface area contributed by atoms with Crippen LogP contribution in [0.1, 0.15) is 27.8 Å². The lowest BCUT2D eigenvalue weighted by atomic mass is 10.1. The lowest BCUT2D eigenvalue weighted by molar-refractivity contribution is 0.352. The summed E-state index contributed by atoms with van der Waals surface area (Å²) >= 11 is 5.48. The van der Waals surface area contributed by atoms with Crippen molar-refractivity contribution in [1.29, 1.82) is 0 Å². The van der Waals surface area contributed by atoms with Crippen molar-refractivity contribution in [3.8, 4) is 5.75 Å². The van der Waals surface area contributed by atoms with Crippen LogP contribution >= 0.6 is 27.3 Å². The summed E-state index contributed by atoms with van der Waals surface area (Å²) in [5, 5.41) is 3.52. The lowest BCUT2D eigenvalue weighted by Gasteiger charge is -2.10. The van der Waals surface area contributed by atoms with E-state index in [0.717, 1.165) is 42.8 Å². The molecule has 0 saturated heterocycles. The molecule has 1 aliphatic heterocycles. The molecular weight excluding hydrogens is 334 g/mol. The predicted octanol–water partition coefficient (Wildman–Crippen LogP) is 4.30. The zero-order valence-corrected chi connectivity index (χ0v) is 13.9. The van der Waals surface area contributed by atoms with Crippen molar-refractivity contribution in [2.24, 2.45) is 0 Å². The Morgan fingerprint density at radius 3 is 2.90 bits per heavy atom. The fraction of sp³-hybridized carbons (Fsp3) is 0.375. The van der Waals surface area contributed by atoms with Gasteiger partial charge >= 0.3 is 0 Å². The molecule has 4 heteroatoms. The van der Waals surface area contributed by atoms with Gasteiger partial charge in [-0.15, -0.1) is 11.3 Å². The van der Waals surface area contributed by atoms with Gasteiger partial charge in [0.05, 0.1) is 6.61 Å². The molecular formula is C16H18BrNOS.